The Hall–Kier alpha value is -1.42. The van der Waals surface area contributed by atoms with E-state index in [1.54, 1.807) is 0 Å². The van der Waals surface area contributed by atoms with Crippen molar-refractivity contribution in [2.45, 2.75) is 20.8 Å². The van der Waals surface area contributed by atoms with E-state index in [1.165, 1.54) is 22.9 Å². The molecule has 0 aliphatic heterocycles. The molecule has 0 saturated carbocycles. The Bertz CT molecular complexity index is 471. The molecule has 4 heteroatoms. The topological polar surface area (TPSA) is 37.8 Å². The van der Waals surface area contributed by atoms with Crippen molar-refractivity contribution in [1.29, 1.82) is 0 Å². The van der Waals surface area contributed by atoms with Crippen LogP contribution in [0.3, 0.4) is 0 Å². The van der Waals surface area contributed by atoms with Crippen LogP contribution in [0, 0.1) is 13.8 Å². The van der Waals surface area contributed by atoms with Crippen LogP contribution in [0.1, 0.15) is 18.1 Å². The summed E-state index contributed by atoms with van der Waals surface area (Å²) in [5.41, 5.74) is 4.61. The summed E-state index contributed by atoms with van der Waals surface area (Å²) >= 11 is 1.25. The smallest absolute Gasteiger partial charge is 0.168 e. The second kappa shape index (κ2) is 4.61. The zero-order chi connectivity index (χ0) is 11.5. The summed E-state index contributed by atoms with van der Waals surface area (Å²) in [5, 5.41) is 3.23. The van der Waals surface area contributed by atoms with Crippen LogP contribution >= 0.6 is 11.7 Å². The Kier molecular flexibility index (Phi) is 3.19. The summed E-state index contributed by atoms with van der Waals surface area (Å²) < 4.78 is 8.62. The highest BCUT2D eigenvalue weighted by Crippen LogP contribution is 2.27. The molecule has 0 fully saturated rings. The molecular formula is C12H15N3S. The van der Waals surface area contributed by atoms with Crippen LogP contribution in [0.25, 0.3) is 11.3 Å². The molecule has 0 spiro atoms. The SMILES string of the molecule is CCNc1nsnc1-c1cc(C)cc(C)c1. The number of hydrogen-bond donors (Lipinski definition) is 1. The van der Waals surface area contributed by atoms with Crippen molar-refractivity contribution in [2.75, 3.05) is 11.9 Å². The Balaban J connectivity index is 2.45. The highest BCUT2D eigenvalue weighted by atomic mass is 32.1. The fourth-order valence-electron chi connectivity index (χ4n) is 1.77. The van der Waals surface area contributed by atoms with Gasteiger partial charge in [-0.15, -0.1) is 0 Å². The standard InChI is InChI=1S/C12H15N3S/c1-4-13-12-11(14-16-15-12)10-6-8(2)5-9(3)7-10/h5-7H,4H2,1-3H3,(H,13,15). The normalized spacial score (nSPS) is 10.4. The summed E-state index contributed by atoms with van der Waals surface area (Å²) in [5.74, 6) is 0.887. The lowest BCUT2D eigenvalue weighted by Gasteiger charge is -2.04. The lowest BCUT2D eigenvalue weighted by molar-refractivity contribution is 1.19. The molecule has 1 aromatic carbocycles. The number of anilines is 1. The van der Waals surface area contributed by atoms with Crippen molar-refractivity contribution in [3.05, 3.63) is 29.3 Å². The lowest BCUT2D eigenvalue weighted by atomic mass is 10.1. The molecule has 0 amide bonds. The second-order valence-corrected chi connectivity index (χ2v) is 4.40. The van der Waals surface area contributed by atoms with E-state index >= 15 is 0 Å². The summed E-state index contributed by atoms with van der Waals surface area (Å²) in [7, 11) is 0. The van der Waals surface area contributed by atoms with E-state index in [4.69, 9.17) is 0 Å². The van der Waals surface area contributed by atoms with E-state index in [1.807, 2.05) is 0 Å². The minimum absolute atomic E-state index is 0.864. The average Bonchev–Trinajstić information content (AvgIpc) is 2.65. The molecular weight excluding hydrogens is 218 g/mol. The van der Waals surface area contributed by atoms with Crippen LogP contribution < -0.4 is 5.32 Å². The van der Waals surface area contributed by atoms with Crippen LogP contribution in [0.2, 0.25) is 0 Å². The Labute approximate surface area is 99.9 Å². The summed E-state index contributed by atoms with van der Waals surface area (Å²) in [6, 6.07) is 6.45. The molecule has 1 N–H and O–H groups in total. The van der Waals surface area contributed by atoms with E-state index in [9.17, 15) is 0 Å². The number of aromatic nitrogens is 2. The van der Waals surface area contributed by atoms with Crippen LogP contribution in [0.5, 0.6) is 0 Å². The van der Waals surface area contributed by atoms with E-state index in [2.05, 4.69) is 53.0 Å². The number of rotatable bonds is 3. The summed E-state index contributed by atoms with van der Waals surface area (Å²) in [6.07, 6.45) is 0. The van der Waals surface area contributed by atoms with Gasteiger partial charge in [-0.2, -0.15) is 8.75 Å². The van der Waals surface area contributed by atoms with Gasteiger partial charge < -0.3 is 5.32 Å². The zero-order valence-corrected chi connectivity index (χ0v) is 10.6. The maximum atomic E-state index is 4.36. The molecule has 2 aromatic rings. The fourth-order valence-corrected chi connectivity index (χ4v) is 2.32. The van der Waals surface area contributed by atoms with Gasteiger partial charge in [0.15, 0.2) is 5.82 Å². The fraction of sp³-hybridized carbons (Fsp3) is 0.333. The van der Waals surface area contributed by atoms with Crippen LogP contribution in [-0.2, 0) is 0 Å². The number of nitrogens with one attached hydrogen (secondary N) is 1. The van der Waals surface area contributed by atoms with Gasteiger partial charge in [-0.25, -0.2) is 0 Å². The molecule has 0 aliphatic carbocycles. The van der Waals surface area contributed by atoms with Crippen molar-refractivity contribution < 1.29 is 0 Å². The molecule has 2 rings (SSSR count). The average molecular weight is 233 g/mol. The van der Waals surface area contributed by atoms with Crippen LogP contribution in [0.4, 0.5) is 5.82 Å². The number of hydrogen-bond acceptors (Lipinski definition) is 4. The molecule has 3 nitrogen and oxygen atoms in total. The van der Waals surface area contributed by atoms with Crippen LogP contribution in [0.15, 0.2) is 18.2 Å². The maximum Gasteiger partial charge on any atom is 0.168 e. The maximum absolute atomic E-state index is 4.36. The van der Waals surface area contributed by atoms with Crippen molar-refractivity contribution in [2.24, 2.45) is 0 Å². The Morgan fingerprint density at radius 3 is 2.44 bits per heavy atom. The predicted molar refractivity (Wildman–Crippen MR) is 69.0 cm³/mol. The third-order valence-electron chi connectivity index (χ3n) is 2.33. The van der Waals surface area contributed by atoms with Gasteiger partial charge in [0, 0.05) is 12.1 Å². The van der Waals surface area contributed by atoms with Gasteiger partial charge in [-0.3, -0.25) is 0 Å². The third kappa shape index (κ3) is 2.22. The molecule has 0 aliphatic rings. The highest BCUT2D eigenvalue weighted by molar-refractivity contribution is 6.99. The van der Waals surface area contributed by atoms with E-state index in [0.29, 0.717) is 0 Å². The van der Waals surface area contributed by atoms with E-state index in [-0.39, 0.29) is 0 Å². The zero-order valence-electron chi connectivity index (χ0n) is 9.74. The highest BCUT2D eigenvalue weighted by Gasteiger charge is 2.10. The molecule has 16 heavy (non-hydrogen) atoms. The first-order valence-corrected chi connectivity index (χ1v) is 6.09. The van der Waals surface area contributed by atoms with Crippen molar-refractivity contribution in [1.82, 2.24) is 8.75 Å². The van der Waals surface area contributed by atoms with E-state index in [0.717, 1.165) is 23.6 Å². The molecule has 84 valence electrons. The molecule has 0 bridgehead atoms. The Morgan fingerprint density at radius 1 is 1.12 bits per heavy atom. The monoisotopic (exact) mass is 233 g/mol. The first-order valence-electron chi connectivity index (χ1n) is 5.36. The molecule has 1 heterocycles. The summed E-state index contributed by atoms with van der Waals surface area (Å²) in [4.78, 5) is 0. The predicted octanol–water partition coefficient (Wildman–Crippen LogP) is 3.25. The second-order valence-electron chi connectivity index (χ2n) is 3.87. The van der Waals surface area contributed by atoms with E-state index < -0.39 is 0 Å². The first kappa shape index (κ1) is 11.1. The molecule has 0 atom stereocenters. The molecule has 0 unspecified atom stereocenters. The summed E-state index contributed by atoms with van der Waals surface area (Å²) in [6.45, 7) is 7.13. The third-order valence-corrected chi connectivity index (χ3v) is 2.86. The van der Waals surface area contributed by atoms with Gasteiger partial charge >= 0.3 is 0 Å². The minimum atomic E-state index is 0.864. The largest absolute Gasteiger partial charge is 0.368 e. The van der Waals surface area contributed by atoms with Crippen LogP contribution in [-0.4, -0.2) is 15.3 Å². The minimum Gasteiger partial charge on any atom is -0.368 e. The lowest BCUT2D eigenvalue weighted by Crippen LogP contribution is -1.98. The van der Waals surface area contributed by atoms with Crippen molar-refractivity contribution >= 4 is 17.5 Å². The Morgan fingerprint density at radius 2 is 1.81 bits per heavy atom. The van der Waals surface area contributed by atoms with Gasteiger partial charge in [-0.1, -0.05) is 17.2 Å². The van der Waals surface area contributed by atoms with Crippen molar-refractivity contribution in [3.8, 4) is 11.3 Å². The van der Waals surface area contributed by atoms with Gasteiger partial charge in [0.2, 0.25) is 0 Å². The molecule has 1 aromatic heterocycles. The first-order chi connectivity index (χ1) is 7.70. The van der Waals surface area contributed by atoms with Crippen molar-refractivity contribution in [3.63, 3.8) is 0 Å². The number of benzene rings is 1. The van der Waals surface area contributed by atoms with Gasteiger partial charge in [0.25, 0.3) is 0 Å². The molecule has 0 radical (unpaired) electrons. The quantitative estimate of drug-likeness (QED) is 0.884. The number of nitrogens with zero attached hydrogens (tertiary/aromatic N) is 2. The van der Waals surface area contributed by atoms with Gasteiger partial charge in [0.1, 0.15) is 5.69 Å². The van der Waals surface area contributed by atoms with Gasteiger partial charge in [-0.05, 0) is 32.9 Å². The number of aryl methyl sites for hydroxylation is 2. The molecule has 0 saturated heterocycles. The van der Waals surface area contributed by atoms with Gasteiger partial charge in [0.05, 0.1) is 11.7 Å².